The molecule has 31 heavy (non-hydrogen) atoms. The van der Waals surface area contributed by atoms with Crippen LogP contribution in [0, 0.1) is 0 Å². The number of carboxylic acids is 1. The molecule has 3 aromatic rings. The minimum Gasteiger partial charge on any atom is -0.492 e. The highest BCUT2D eigenvalue weighted by Crippen LogP contribution is 2.45. The Labute approximate surface area is 181 Å². The van der Waals surface area contributed by atoms with E-state index in [9.17, 15) is 9.90 Å². The quantitative estimate of drug-likeness (QED) is 0.522. The number of nitrogens with zero attached hydrogens (tertiary/aromatic N) is 1. The largest absolute Gasteiger partial charge is 0.492 e. The highest BCUT2D eigenvalue weighted by molar-refractivity contribution is 5.77. The van der Waals surface area contributed by atoms with E-state index >= 15 is 0 Å². The molecule has 0 saturated carbocycles. The van der Waals surface area contributed by atoms with Gasteiger partial charge in [0, 0.05) is 13.0 Å². The van der Waals surface area contributed by atoms with Crippen LogP contribution in [0.2, 0.25) is 0 Å². The minimum atomic E-state index is -0.951. The van der Waals surface area contributed by atoms with Gasteiger partial charge in [0.2, 0.25) is 0 Å². The number of hydrogen-bond donors (Lipinski definition) is 1. The van der Waals surface area contributed by atoms with Gasteiger partial charge in [-0.3, -0.25) is 0 Å². The summed E-state index contributed by atoms with van der Waals surface area (Å²) in [5.41, 5.74) is 2.91. The summed E-state index contributed by atoms with van der Waals surface area (Å²) in [7, 11) is 0. The van der Waals surface area contributed by atoms with Crippen molar-refractivity contribution in [2.45, 2.75) is 19.4 Å². The Morgan fingerprint density at radius 1 is 1.00 bits per heavy atom. The van der Waals surface area contributed by atoms with Gasteiger partial charge in [-0.1, -0.05) is 36.4 Å². The molecule has 1 aliphatic heterocycles. The first kappa shape index (κ1) is 20.8. The van der Waals surface area contributed by atoms with Gasteiger partial charge in [-0.15, -0.1) is 0 Å². The van der Waals surface area contributed by atoms with Crippen LogP contribution >= 0.6 is 0 Å². The maximum absolute atomic E-state index is 11.3. The van der Waals surface area contributed by atoms with Gasteiger partial charge in [-0.05, 0) is 48.9 Å². The fourth-order valence-corrected chi connectivity index (χ4v) is 3.63. The average molecular weight is 421 g/mol. The summed E-state index contributed by atoms with van der Waals surface area (Å²) in [4.78, 5) is 13.5. The van der Waals surface area contributed by atoms with Crippen LogP contribution in [-0.2, 0) is 16.0 Å². The topological polar surface area (TPSA) is 68.2 Å². The second kappa shape index (κ2) is 9.53. The number of rotatable bonds is 9. The number of carbonyl (C=O) groups is 1. The molecule has 1 heterocycles. The smallest absolute Gasteiger partial charge is 0.333 e. The molecule has 0 spiro atoms. The fourth-order valence-electron chi connectivity index (χ4n) is 3.63. The Morgan fingerprint density at radius 2 is 1.61 bits per heavy atom. The summed E-state index contributed by atoms with van der Waals surface area (Å²) in [6.45, 7) is 3.30. The zero-order valence-electron chi connectivity index (χ0n) is 17.4. The predicted octanol–water partition coefficient (Wildman–Crippen LogP) is 5.04. The summed E-state index contributed by atoms with van der Waals surface area (Å²) in [6.07, 6.45) is -0.511. The summed E-state index contributed by atoms with van der Waals surface area (Å²) < 4.78 is 17.3. The first-order valence-electron chi connectivity index (χ1n) is 10.4. The van der Waals surface area contributed by atoms with Crippen molar-refractivity contribution >= 4 is 17.3 Å². The average Bonchev–Trinajstić information content (AvgIpc) is 2.79. The van der Waals surface area contributed by atoms with Crippen LogP contribution in [0.25, 0.3) is 0 Å². The molecular formula is C25H25NO5. The van der Waals surface area contributed by atoms with Crippen LogP contribution in [0.1, 0.15) is 12.5 Å². The van der Waals surface area contributed by atoms with Crippen molar-refractivity contribution in [3.05, 3.63) is 78.4 Å². The highest BCUT2D eigenvalue weighted by atomic mass is 16.5. The van der Waals surface area contributed by atoms with Crippen molar-refractivity contribution in [2.75, 3.05) is 24.7 Å². The molecule has 0 bridgehead atoms. The van der Waals surface area contributed by atoms with Gasteiger partial charge in [0.25, 0.3) is 0 Å². The van der Waals surface area contributed by atoms with E-state index in [1.165, 1.54) is 0 Å². The van der Waals surface area contributed by atoms with Gasteiger partial charge in [-0.2, -0.15) is 0 Å². The van der Waals surface area contributed by atoms with Gasteiger partial charge in [0.1, 0.15) is 12.4 Å². The number of carboxylic acid groups (broad SMARTS) is 1. The third-order valence-electron chi connectivity index (χ3n) is 5.10. The monoisotopic (exact) mass is 421 g/mol. The number of anilines is 2. The maximum Gasteiger partial charge on any atom is 0.333 e. The second-order valence-corrected chi connectivity index (χ2v) is 7.17. The van der Waals surface area contributed by atoms with E-state index in [0.29, 0.717) is 26.2 Å². The molecule has 6 nitrogen and oxygen atoms in total. The Hall–Kier alpha value is -3.51. The SMILES string of the molecule is CCO[C@@H](Cc1ccc(OC[14CH2]N2c3ccccc3Oc3ccccc32)cc1)C(=O)O. The zero-order chi connectivity index (χ0) is 21.6. The first-order chi connectivity index (χ1) is 15.2. The zero-order valence-corrected chi connectivity index (χ0v) is 17.4. The van der Waals surface area contributed by atoms with Gasteiger partial charge in [-0.25, -0.2) is 4.79 Å². The third kappa shape index (κ3) is 4.81. The molecule has 4 rings (SSSR count). The van der Waals surface area contributed by atoms with Crippen molar-refractivity contribution in [1.29, 1.82) is 0 Å². The van der Waals surface area contributed by atoms with Crippen LogP contribution in [0.15, 0.2) is 72.8 Å². The van der Waals surface area contributed by atoms with Crippen molar-refractivity contribution in [1.82, 2.24) is 0 Å². The van der Waals surface area contributed by atoms with Crippen LogP contribution < -0.4 is 14.4 Å². The molecule has 1 atom stereocenters. The molecule has 1 aliphatic rings. The molecule has 0 aromatic heterocycles. The molecule has 0 radical (unpaired) electrons. The number of fused-ring (bicyclic) bond motifs is 2. The highest BCUT2D eigenvalue weighted by Gasteiger charge is 2.23. The number of para-hydroxylation sites is 4. The van der Waals surface area contributed by atoms with E-state index in [1.54, 1.807) is 6.92 Å². The van der Waals surface area contributed by atoms with E-state index in [0.717, 1.165) is 34.2 Å². The standard InChI is InChI=1S/C25H25NO5/c1-2-29-24(25(27)28)17-18-11-13-19(14-12-18)30-16-15-26-20-7-3-5-9-22(20)31-23-10-6-4-8-21(23)26/h3-14,24H,2,15-17H2,1H3,(H,27,28)/t24-/m0/s1/i15+2. The molecule has 0 amide bonds. The summed E-state index contributed by atoms with van der Waals surface area (Å²) in [6, 6.07) is 23.4. The normalized spacial score (nSPS) is 13.0. The van der Waals surface area contributed by atoms with E-state index in [4.69, 9.17) is 14.2 Å². The van der Waals surface area contributed by atoms with E-state index < -0.39 is 12.1 Å². The summed E-state index contributed by atoms with van der Waals surface area (Å²) >= 11 is 0. The molecule has 6 heteroatoms. The van der Waals surface area contributed by atoms with Gasteiger partial charge in [0.15, 0.2) is 17.6 Å². The molecule has 0 fully saturated rings. The Morgan fingerprint density at radius 3 is 2.19 bits per heavy atom. The molecule has 1 N–H and O–H groups in total. The summed E-state index contributed by atoms with van der Waals surface area (Å²) in [5.74, 6) is 1.44. The van der Waals surface area contributed by atoms with Crippen LogP contribution in [-0.4, -0.2) is 36.9 Å². The molecular weight excluding hydrogens is 396 g/mol. The Kier molecular flexibility index (Phi) is 6.38. The van der Waals surface area contributed by atoms with Crippen molar-refractivity contribution in [2.24, 2.45) is 0 Å². The lowest BCUT2D eigenvalue weighted by Crippen LogP contribution is -2.26. The third-order valence-corrected chi connectivity index (χ3v) is 5.10. The summed E-state index contributed by atoms with van der Waals surface area (Å²) in [5, 5.41) is 9.24. The van der Waals surface area contributed by atoms with Crippen molar-refractivity contribution < 1.29 is 24.1 Å². The maximum atomic E-state index is 11.3. The molecule has 0 saturated heterocycles. The lowest BCUT2D eigenvalue weighted by atomic mass is 10.1. The lowest BCUT2D eigenvalue weighted by molar-refractivity contribution is -0.149. The van der Waals surface area contributed by atoms with Gasteiger partial charge in [0.05, 0.1) is 17.9 Å². The first-order valence-corrected chi connectivity index (χ1v) is 10.4. The second-order valence-electron chi connectivity index (χ2n) is 7.17. The minimum absolute atomic E-state index is 0.324. The molecule has 3 aromatic carbocycles. The van der Waals surface area contributed by atoms with Crippen LogP contribution in [0.3, 0.4) is 0 Å². The Bertz CT molecular complexity index is 989. The fraction of sp³-hybridized carbons (Fsp3) is 0.240. The van der Waals surface area contributed by atoms with Gasteiger partial charge >= 0.3 is 5.97 Å². The van der Waals surface area contributed by atoms with Crippen LogP contribution in [0.4, 0.5) is 11.4 Å². The predicted molar refractivity (Wildman–Crippen MR) is 119 cm³/mol. The number of benzene rings is 3. The number of ether oxygens (including phenoxy) is 3. The number of aliphatic carboxylic acids is 1. The van der Waals surface area contributed by atoms with Gasteiger partial charge < -0.3 is 24.2 Å². The van der Waals surface area contributed by atoms with Crippen LogP contribution in [0.5, 0.6) is 17.2 Å². The molecule has 160 valence electrons. The lowest BCUT2D eigenvalue weighted by Gasteiger charge is -2.32. The van der Waals surface area contributed by atoms with Crippen molar-refractivity contribution in [3.8, 4) is 17.2 Å². The molecule has 0 aliphatic carbocycles. The Balaban J connectivity index is 1.39. The number of hydrogen-bond acceptors (Lipinski definition) is 5. The van der Waals surface area contributed by atoms with E-state index in [2.05, 4.69) is 4.90 Å². The van der Waals surface area contributed by atoms with E-state index in [-0.39, 0.29) is 0 Å². The van der Waals surface area contributed by atoms with Crippen molar-refractivity contribution in [3.63, 3.8) is 0 Å². The van der Waals surface area contributed by atoms with E-state index in [1.807, 2.05) is 72.8 Å². The molecule has 0 unspecified atom stereocenters.